The van der Waals surface area contributed by atoms with Crippen LogP contribution in [0, 0.1) is 0 Å². The van der Waals surface area contributed by atoms with Crippen molar-refractivity contribution in [3.8, 4) is 0 Å². The van der Waals surface area contributed by atoms with Crippen molar-refractivity contribution < 1.29 is 4.79 Å². The van der Waals surface area contributed by atoms with Crippen molar-refractivity contribution in [1.29, 1.82) is 0 Å². The number of ketones is 1. The second-order valence-electron chi connectivity index (χ2n) is 5.84. The molecule has 0 saturated heterocycles. The third kappa shape index (κ3) is 3.17. The first-order valence-electron chi connectivity index (χ1n) is 8.20. The summed E-state index contributed by atoms with van der Waals surface area (Å²) in [7, 11) is 0. The van der Waals surface area contributed by atoms with Gasteiger partial charge in [-0.25, -0.2) is 4.99 Å². The van der Waals surface area contributed by atoms with Gasteiger partial charge in [0.1, 0.15) is 0 Å². The number of carbonyl (C=O) groups is 1. The minimum Gasteiger partial charge on any atom is -0.287 e. The maximum absolute atomic E-state index is 12.8. The molecular formula is C22H16N2O. The second-order valence-corrected chi connectivity index (χ2v) is 5.84. The number of rotatable bonds is 2. The number of carbonyl (C=O) groups excluding carboxylic acids is 1. The fraction of sp³-hybridized carbons (Fsp3) is 0.0455. The molecule has 0 aromatic heterocycles. The highest BCUT2D eigenvalue weighted by Crippen LogP contribution is 2.25. The SMILES string of the molecule is O=C1C(=Nc2ccccc2)CC(=Nc2ccccc2)c2ccccc21. The lowest BCUT2D eigenvalue weighted by Crippen LogP contribution is -2.27. The lowest BCUT2D eigenvalue weighted by molar-refractivity contribution is 0.106. The zero-order valence-corrected chi connectivity index (χ0v) is 13.6. The Labute approximate surface area is 146 Å². The molecule has 1 aliphatic carbocycles. The molecule has 0 atom stereocenters. The zero-order valence-electron chi connectivity index (χ0n) is 13.6. The summed E-state index contributed by atoms with van der Waals surface area (Å²) >= 11 is 0. The summed E-state index contributed by atoms with van der Waals surface area (Å²) < 4.78 is 0. The average molecular weight is 324 g/mol. The monoisotopic (exact) mass is 324 g/mol. The molecule has 3 aromatic rings. The van der Waals surface area contributed by atoms with E-state index < -0.39 is 0 Å². The summed E-state index contributed by atoms with van der Waals surface area (Å²) in [6.07, 6.45) is 0.430. The molecule has 25 heavy (non-hydrogen) atoms. The maximum atomic E-state index is 12.8. The number of Topliss-reactive ketones (excluding diaryl/α,β-unsaturated/α-hetero) is 1. The van der Waals surface area contributed by atoms with E-state index in [4.69, 9.17) is 4.99 Å². The predicted molar refractivity (Wildman–Crippen MR) is 102 cm³/mol. The molecule has 4 rings (SSSR count). The van der Waals surface area contributed by atoms with E-state index in [1.54, 1.807) is 0 Å². The molecule has 0 spiro atoms. The number of aliphatic imine (C=N–C) groups is 2. The Balaban J connectivity index is 1.82. The number of nitrogens with zero attached hydrogens (tertiary/aromatic N) is 2. The summed E-state index contributed by atoms with van der Waals surface area (Å²) in [5, 5.41) is 0. The van der Waals surface area contributed by atoms with Crippen LogP contribution in [0.5, 0.6) is 0 Å². The zero-order chi connectivity index (χ0) is 17.1. The highest BCUT2D eigenvalue weighted by molar-refractivity contribution is 6.53. The standard InChI is InChI=1S/C22H16N2O/c25-22-19-14-8-7-13-18(19)20(23-16-9-3-1-4-10-16)15-21(22)24-17-11-5-2-6-12-17/h1-14H,15H2. The van der Waals surface area contributed by atoms with Crippen molar-refractivity contribution in [2.45, 2.75) is 6.42 Å². The van der Waals surface area contributed by atoms with Crippen molar-refractivity contribution >= 4 is 28.6 Å². The number of para-hydroxylation sites is 2. The van der Waals surface area contributed by atoms with Crippen LogP contribution in [-0.2, 0) is 0 Å². The fourth-order valence-corrected chi connectivity index (χ4v) is 2.93. The molecule has 3 aromatic carbocycles. The lowest BCUT2D eigenvalue weighted by atomic mass is 9.87. The molecule has 0 aliphatic heterocycles. The van der Waals surface area contributed by atoms with E-state index in [1.807, 2.05) is 84.9 Å². The molecule has 0 unspecified atom stereocenters. The number of fused-ring (bicyclic) bond motifs is 1. The molecule has 3 nitrogen and oxygen atoms in total. The molecule has 0 saturated carbocycles. The van der Waals surface area contributed by atoms with Gasteiger partial charge in [0, 0.05) is 17.5 Å². The normalized spacial score (nSPS) is 16.9. The second kappa shape index (κ2) is 6.65. The van der Waals surface area contributed by atoms with Crippen LogP contribution in [-0.4, -0.2) is 17.2 Å². The molecular weight excluding hydrogens is 308 g/mol. The third-order valence-corrected chi connectivity index (χ3v) is 4.12. The largest absolute Gasteiger partial charge is 0.287 e. The van der Waals surface area contributed by atoms with Crippen molar-refractivity contribution in [3.63, 3.8) is 0 Å². The van der Waals surface area contributed by atoms with E-state index in [9.17, 15) is 4.79 Å². The number of benzene rings is 3. The van der Waals surface area contributed by atoms with Gasteiger partial charge in [-0.05, 0) is 24.3 Å². The minimum absolute atomic E-state index is 0.0218. The van der Waals surface area contributed by atoms with Gasteiger partial charge in [-0.1, -0.05) is 60.7 Å². The smallest absolute Gasteiger partial charge is 0.208 e. The van der Waals surface area contributed by atoms with Gasteiger partial charge in [0.15, 0.2) is 0 Å². The van der Waals surface area contributed by atoms with Crippen LogP contribution in [0.25, 0.3) is 0 Å². The van der Waals surface area contributed by atoms with Crippen LogP contribution < -0.4 is 0 Å². The summed E-state index contributed by atoms with van der Waals surface area (Å²) in [5.74, 6) is -0.0218. The van der Waals surface area contributed by atoms with Gasteiger partial charge in [-0.3, -0.25) is 9.79 Å². The third-order valence-electron chi connectivity index (χ3n) is 4.12. The van der Waals surface area contributed by atoms with Crippen LogP contribution in [0.15, 0.2) is 94.9 Å². The predicted octanol–water partition coefficient (Wildman–Crippen LogP) is 5.17. The van der Waals surface area contributed by atoms with Gasteiger partial charge >= 0.3 is 0 Å². The Morgan fingerprint density at radius 2 is 1.04 bits per heavy atom. The van der Waals surface area contributed by atoms with Gasteiger partial charge < -0.3 is 0 Å². The molecule has 120 valence electrons. The van der Waals surface area contributed by atoms with Crippen LogP contribution >= 0.6 is 0 Å². The fourth-order valence-electron chi connectivity index (χ4n) is 2.93. The number of hydrogen-bond donors (Lipinski definition) is 0. The topological polar surface area (TPSA) is 41.8 Å². The van der Waals surface area contributed by atoms with Gasteiger partial charge in [0.2, 0.25) is 5.78 Å². The Kier molecular flexibility index (Phi) is 4.05. The maximum Gasteiger partial charge on any atom is 0.208 e. The molecule has 1 aliphatic rings. The molecule has 3 heteroatoms. The summed E-state index contributed by atoms with van der Waals surface area (Å²) in [6.45, 7) is 0. The Morgan fingerprint density at radius 3 is 1.64 bits per heavy atom. The van der Waals surface area contributed by atoms with E-state index >= 15 is 0 Å². The van der Waals surface area contributed by atoms with Crippen LogP contribution in [0.4, 0.5) is 11.4 Å². The van der Waals surface area contributed by atoms with E-state index in [1.165, 1.54) is 0 Å². The van der Waals surface area contributed by atoms with Gasteiger partial charge in [0.05, 0.1) is 22.8 Å². The average Bonchev–Trinajstić information content (AvgIpc) is 2.67. The van der Waals surface area contributed by atoms with Crippen LogP contribution in [0.1, 0.15) is 22.3 Å². The molecule has 0 amide bonds. The summed E-state index contributed by atoms with van der Waals surface area (Å²) in [5.41, 5.74) is 4.61. The lowest BCUT2D eigenvalue weighted by Gasteiger charge is -2.18. The van der Waals surface area contributed by atoms with Crippen molar-refractivity contribution in [3.05, 3.63) is 96.1 Å². The van der Waals surface area contributed by atoms with Gasteiger partial charge in [-0.2, -0.15) is 0 Å². The Bertz CT molecular complexity index is 973. The van der Waals surface area contributed by atoms with Crippen molar-refractivity contribution in [2.75, 3.05) is 0 Å². The number of hydrogen-bond acceptors (Lipinski definition) is 3. The quantitative estimate of drug-likeness (QED) is 0.641. The highest BCUT2D eigenvalue weighted by Gasteiger charge is 2.27. The van der Waals surface area contributed by atoms with E-state index in [0.717, 1.165) is 22.6 Å². The van der Waals surface area contributed by atoms with Crippen LogP contribution in [0.3, 0.4) is 0 Å². The highest BCUT2D eigenvalue weighted by atomic mass is 16.1. The van der Waals surface area contributed by atoms with Gasteiger partial charge in [0.25, 0.3) is 0 Å². The summed E-state index contributed by atoms with van der Waals surface area (Å²) in [4.78, 5) is 22.2. The molecule has 0 heterocycles. The first-order chi connectivity index (χ1) is 12.3. The van der Waals surface area contributed by atoms with Gasteiger partial charge in [-0.15, -0.1) is 0 Å². The van der Waals surface area contributed by atoms with Crippen molar-refractivity contribution in [2.24, 2.45) is 9.98 Å². The molecule has 0 radical (unpaired) electrons. The van der Waals surface area contributed by atoms with E-state index in [2.05, 4.69) is 4.99 Å². The van der Waals surface area contributed by atoms with Crippen LogP contribution in [0.2, 0.25) is 0 Å². The van der Waals surface area contributed by atoms with E-state index in [0.29, 0.717) is 17.7 Å². The van der Waals surface area contributed by atoms with E-state index in [-0.39, 0.29) is 5.78 Å². The Hall–Kier alpha value is -3.33. The summed E-state index contributed by atoms with van der Waals surface area (Å²) in [6, 6.07) is 27.0. The van der Waals surface area contributed by atoms with Crippen molar-refractivity contribution in [1.82, 2.24) is 0 Å². The first kappa shape index (κ1) is 15.2. The molecule has 0 fully saturated rings. The molecule has 0 N–H and O–H groups in total. The molecule has 0 bridgehead atoms. The Morgan fingerprint density at radius 1 is 0.560 bits per heavy atom. The first-order valence-corrected chi connectivity index (χ1v) is 8.20. The minimum atomic E-state index is -0.0218.